The minimum Gasteiger partial charge on any atom is -0.351 e. The van der Waals surface area contributed by atoms with Gasteiger partial charge in [-0.15, -0.1) is 0 Å². The molecule has 1 aromatic heterocycles. The van der Waals surface area contributed by atoms with E-state index in [-0.39, 0.29) is 11.3 Å². The second kappa shape index (κ2) is 6.57. The molecule has 20 heavy (non-hydrogen) atoms. The van der Waals surface area contributed by atoms with Crippen LogP contribution in [0.5, 0.6) is 0 Å². The fourth-order valence-electron chi connectivity index (χ4n) is 3.37. The minimum atomic E-state index is -0.0903. The van der Waals surface area contributed by atoms with Crippen molar-refractivity contribution in [1.82, 2.24) is 10.3 Å². The summed E-state index contributed by atoms with van der Waals surface area (Å²) in [6.07, 6.45) is 9.27. The van der Waals surface area contributed by atoms with Gasteiger partial charge >= 0.3 is 0 Å². The van der Waals surface area contributed by atoms with Gasteiger partial charge in [0.15, 0.2) is 0 Å². The third-order valence-corrected chi connectivity index (χ3v) is 4.45. The Morgan fingerprint density at radius 2 is 2.15 bits per heavy atom. The first-order valence-corrected chi connectivity index (χ1v) is 7.78. The van der Waals surface area contributed by atoms with E-state index in [9.17, 15) is 4.79 Å². The van der Waals surface area contributed by atoms with E-state index in [2.05, 4.69) is 24.1 Å². The van der Waals surface area contributed by atoms with Gasteiger partial charge in [-0.3, -0.25) is 9.78 Å². The normalized spacial score (nSPS) is 17.4. The summed E-state index contributed by atoms with van der Waals surface area (Å²) in [6, 6.07) is 1.67. The summed E-state index contributed by atoms with van der Waals surface area (Å²) in [5.74, 6) is 0.571. The molecule has 1 heterocycles. The van der Waals surface area contributed by atoms with E-state index >= 15 is 0 Å². The van der Waals surface area contributed by atoms with Crippen LogP contribution in [0.3, 0.4) is 0 Å². The fraction of sp³-hybridized carbons (Fsp3) is 0.625. The standard InChI is InChI=1S/C16H23ClN2O/c1-12(2)9-16(6-3-4-7-16)11-19-15(20)13-5-8-18-10-14(13)17/h5,8,10,12H,3-4,6-7,9,11H2,1-2H3,(H,19,20). The molecule has 1 aliphatic carbocycles. The van der Waals surface area contributed by atoms with Gasteiger partial charge in [-0.2, -0.15) is 0 Å². The van der Waals surface area contributed by atoms with Crippen molar-refractivity contribution < 1.29 is 4.79 Å². The Balaban J connectivity index is 1.99. The summed E-state index contributed by atoms with van der Waals surface area (Å²) in [5.41, 5.74) is 0.794. The van der Waals surface area contributed by atoms with E-state index in [1.54, 1.807) is 12.3 Å². The van der Waals surface area contributed by atoms with E-state index < -0.39 is 0 Å². The van der Waals surface area contributed by atoms with Crippen LogP contribution in [0.4, 0.5) is 0 Å². The van der Waals surface area contributed by atoms with Gasteiger partial charge in [0.05, 0.1) is 10.6 Å². The number of carbonyl (C=O) groups is 1. The van der Waals surface area contributed by atoms with Crippen LogP contribution >= 0.6 is 11.6 Å². The number of amides is 1. The van der Waals surface area contributed by atoms with Crippen molar-refractivity contribution in [3.63, 3.8) is 0 Å². The molecule has 0 spiro atoms. The number of hydrogen-bond donors (Lipinski definition) is 1. The second-order valence-corrected chi connectivity index (χ2v) is 6.75. The Morgan fingerprint density at radius 3 is 2.75 bits per heavy atom. The summed E-state index contributed by atoms with van der Waals surface area (Å²) in [7, 11) is 0. The highest BCUT2D eigenvalue weighted by molar-refractivity contribution is 6.33. The first-order chi connectivity index (χ1) is 9.52. The maximum Gasteiger partial charge on any atom is 0.252 e. The Bertz CT molecular complexity index is 467. The van der Waals surface area contributed by atoms with E-state index in [1.807, 2.05) is 0 Å². The molecule has 110 valence electrons. The molecule has 0 bridgehead atoms. The highest BCUT2D eigenvalue weighted by atomic mass is 35.5. The Kier molecular flexibility index (Phi) is 5.03. The molecule has 2 rings (SSSR count). The predicted molar refractivity (Wildman–Crippen MR) is 81.9 cm³/mol. The number of halogens is 1. The van der Waals surface area contributed by atoms with Crippen molar-refractivity contribution >= 4 is 17.5 Å². The van der Waals surface area contributed by atoms with Crippen LogP contribution in [-0.4, -0.2) is 17.4 Å². The van der Waals surface area contributed by atoms with Gasteiger partial charge in [0, 0.05) is 18.9 Å². The minimum absolute atomic E-state index is 0.0903. The average molecular weight is 295 g/mol. The first-order valence-electron chi connectivity index (χ1n) is 7.40. The zero-order valence-corrected chi connectivity index (χ0v) is 13.0. The molecule has 0 radical (unpaired) electrons. The van der Waals surface area contributed by atoms with Gasteiger partial charge in [-0.25, -0.2) is 0 Å². The van der Waals surface area contributed by atoms with Crippen molar-refractivity contribution in [2.24, 2.45) is 11.3 Å². The maximum absolute atomic E-state index is 12.2. The van der Waals surface area contributed by atoms with Gasteiger partial charge in [0.2, 0.25) is 0 Å². The summed E-state index contributed by atoms with van der Waals surface area (Å²) < 4.78 is 0. The number of pyridine rings is 1. The summed E-state index contributed by atoms with van der Waals surface area (Å²) in [6.45, 7) is 5.26. The highest BCUT2D eigenvalue weighted by Gasteiger charge is 2.34. The number of hydrogen-bond acceptors (Lipinski definition) is 2. The molecule has 3 nitrogen and oxygen atoms in total. The van der Waals surface area contributed by atoms with Crippen LogP contribution in [0.2, 0.25) is 5.02 Å². The van der Waals surface area contributed by atoms with Gasteiger partial charge < -0.3 is 5.32 Å². The van der Waals surface area contributed by atoms with Crippen molar-refractivity contribution in [2.45, 2.75) is 46.0 Å². The Hall–Kier alpha value is -1.09. The van der Waals surface area contributed by atoms with Gasteiger partial charge in [0.1, 0.15) is 0 Å². The maximum atomic E-state index is 12.2. The van der Waals surface area contributed by atoms with Crippen LogP contribution < -0.4 is 5.32 Å². The van der Waals surface area contributed by atoms with Gasteiger partial charge in [-0.1, -0.05) is 38.3 Å². The highest BCUT2D eigenvalue weighted by Crippen LogP contribution is 2.42. The Morgan fingerprint density at radius 1 is 1.45 bits per heavy atom. The molecule has 1 aromatic rings. The third-order valence-electron chi connectivity index (χ3n) is 4.15. The molecule has 1 saturated carbocycles. The number of aromatic nitrogens is 1. The summed E-state index contributed by atoms with van der Waals surface area (Å²) in [5, 5.41) is 3.49. The smallest absolute Gasteiger partial charge is 0.252 e. The molecular weight excluding hydrogens is 272 g/mol. The van der Waals surface area contributed by atoms with Gasteiger partial charge in [0.25, 0.3) is 5.91 Å². The quantitative estimate of drug-likeness (QED) is 0.889. The number of nitrogens with zero attached hydrogens (tertiary/aromatic N) is 1. The van der Waals surface area contributed by atoms with E-state index in [0.29, 0.717) is 16.5 Å². The lowest BCUT2D eigenvalue weighted by atomic mass is 9.78. The van der Waals surface area contributed by atoms with E-state index in [0.717, 1.165) is 6.54 Å². The molecule has 1 amide bonds. The lowest BCUT2D eigenvalue weighted by Gasteiger charge is -2.31. The monoisotopic (exact) mass is 294 g/mol. The zero-order chi connectivity index (χ0) is 14.6. The molecule has 0 saturated heterocycles. The lowest BCUT2D eigenvalue weighted by Crippen LogP contribution is -2.37. The van der Waals surface area contributed by atoms with Crippen LogP contribution in [0, 0.1) is 11.3 Å². The van der Waals surface area contributed by atoms with Crippen molar-refractivity contribution in [3.8, 4) is 0 Å². The average Bonchev–Trinajstić information content (AvgIpc) is 2.84. The number of carbonyl (C=O) groups excluding carboxylic acids is 1. The number of rotatable bonds is 5. The molecule has 0 aliphatic heterocycles. The SMILES string of the molecule is CC(C)CC1(CNC(=O)c2ccncc2Cl)CCCC1. The summed E-state index contributed by atoms with van der Waals surface area (Å²) in [4.78, 5) is 16.1. The topological polar surface area (TPSA) is 42.0 Å². The van der Waals surface area contributed by atoms with Crippen molar-refractivity contribution in [1.29, 1.82) is 0 Å². The molecule has 1 aliphatic rings. The molecule has 1 fully saturated rings. The summed E-state index contributed by atoms with van der Waals surface area (Å²) >= 11 is 6.01. The number of nitrogens with one attached hydrogen (secondary N) is 1. The predicted octanol–water partition coefficient (Wildman–Crippen LogP) is 4.07. The third kappa shape index (κ3) is 3.72. The van der Waals surface area contributed by atoms with Crippen LogP contribution in [0.25, 0.3) is 0 Å². The van der Waals surface area contributed by atoms with Crippen LogP contribution in [0.15, 0.2) is 18.5 Å². The first kappa shape index (κ1) is 15.3. The fourth-order valence-corrected chi connectivity index (χ4v) is 3.57. The molecular formula is C16H23ClN2O. The van der Waals surface area contributed by atoms with Crippen LogP contribution in [0.1, 0.15) is 56.3 Å². The van der Waals surface area contributed by atoms with Crippen LogP contribution in [-0.2, 0) is 0 Å². The molecule has 0 aromatic carbocycles. The van der Waals surface area contributed by atoms with Crippen molar-refractivity contribution in [2.75, 3.05) is 6.54 Å². The largest absolute Gasteiger partial charge is 0.351 e. The molecule has 0 atom stereocenters. The van der Waals surface area contributed by atoms with Crippen molar-refractivity contribution in [3.05, 3.63) is 29.0 Å². The Labute approximate surface area is 126 Å². The van der Waals surface area contributed by atoms with E-state index in [4.69, 9.17) is 11.6 Å². The molecule has 1 N–H and O–H groups in total. The molecule has 4 heteroatoms. The van der Waals surface area contributed by atoms with E-state index in [1.165, 1.54) is 38.3 Å². The van der Waals surface area contributed by atoms with Gasteiger partial charge in [-0.05, 0) is 36.7 Å². The lowest BCUT2D eigenvalue weighted by molar-refractivity contribution is 0.0922. The zero-order valence-electron chi connectivity index (χ0n) is 12.3. The second-order valence-electron chi connectivity index (χ2n) is 6.34. The molecule has 0 unspecified atom stereocenters.